The molecule has 1 aromatic rings. The predicted octanol–water partition coefficient (Wildman–Crippen LogP) is 3.76. The smallest absolute Gasteiger partial charge is 0.135 e. The number of aliphatic hydroxyl groups is 1. The van der Waals surface area contributed by atoms with E-state index in [2.05, 4.69) is 31.9 Å². The van der Waals surface area contributed by atoms with E-state index >= 15 is 0 Å². The van der Waals surface area contributed by atoms with Crippen molar-refractivity contribution in [2.24, 2.45) is 0 Å². The van der Waals surface area contributed by atoms with Crippen molar-refractivity contribution >= 4 is 31.9 Å². The summed E-state index contributed by atoms with van der Waals surface area (Å²) in [4.78, 5) is 0. The van der Waals surface area contributed by atoms with Crippen molar-refractivity contribution in [3.05, 3.63) is 21.1 Å². The zero-order chi connectivity index (χ0) is 13.1. The maximum Gasteiger partial charge on any atom is 0.135 e. The first-order chi connectivity index (χ1) is 7.89. The summed E-state index contributed by atoms with van der Waals surface area (Å²) in [5.41, 5.74) is -0.814. The summed E-state index contributed by atoms with van der Waals surface area (Å²) in [5.74, 6) is 1.40. The van der Waals surface area contributed by atoms with Crippen LogP contribution in [0.3, 0.4) is 0 Å². The molecule has 0 aliphatic carbocycles. The summed E-state index contributed by atoms with van der Waals surface area (Å²) >= 11 is 6.79. The molecule has 5 heteroatoms. The standard InChI is InChI=1S/C12H16Br2O3/c1-4-12(2,15)7-17-11-6-8(13)10(16-3)5-9(11)14/h5-6,15H,4,7H2,1-3H3. The molecule has 1 atom stereocenters. The second-order valence-electron chi connectivity index (χ2n) is 4.06. The minimum atomic E-state index is -0.814. The van der Waals surface area contributed by atoms with E-state index in [4.69, 9.17) is 9.47 Å². The first-order valence-electron chi connectivity index (χ1n) is 5.28. The molecular formula is C12H16Br2O3. The van der Waals surface area contributed by atoms with Gasteiger partial charge < -0.3 is 14.6 Å². The average Bonchev–Trinajstić information content (AvgIpc) is 2.29. The molecule has 0 bridgehead atoms. The first kappa shape index (κ1) is 14.8. The number of methoxy groups -OCH3 is 1. The van der Waals surface area contributed by atoms with Crippen LogP contribution in [0.5, 0.6) is 11.5 Å². The summed E-state index contributed by atoms with van der Waals surface area (Å²) < 4.78 is 12.4. The summed E-state index contributed by atoms with van der Waals surface area (Å²) in [5, 5.41) is 9.87. The minimum absolute atomic E-state index is 0.251. The van der Waals surface area contributed by atoms with Crippen molar-refractivity contribution in [3.8, 4) is 11.5 Å². The zero-order valence-electron chi connectivity index (χ0n) is 10.1. The van der Waals surface area contributed by atoms with E-state index in [1.807, 2.05) is 19.1 Å². The highest BCUT2D eigenvalue weighted by Crippen LogP contribution is 2.36. The predicted molar refractivity (Wildman–Crippen MR) is 74.8 cm³/mol. The van der Waals surface area contributed by atoms with Crippen LogP contribution in [0.2, 0.25) is 0 Å². The largest absolute Gasteiger partial charge is 0.496 e. The summed E-state index contributed by atoms with van der Waals surface area (Å²) in [6.45, 7) is 3.92. The lowest BCUT2D eigenvalue weighted by molar-refractivity contribution is 0.00820. The van der Waals surface area contributed by atoms with Crippen molar-refractivity contribution in [1.82, 2.24) is 0 Å². The molecule has 0 spiro atoms. The number of halogens is 2. The Bertz CT molecular complexity index is 392. The van der Waals surface area contributed by atoms with Crippen LogP contribution in [0.15, 0.2) is 21.1 Å². The Morgan fingerprint density at radius 3 is 2.29 bits per heavy atom. The molecule has 0 radical (unpaired) electrons. The van der Waals surface area contributed by atoms with Crippen LogP contribution in [-0.4, -0.2) is 24.4 Å². The maximum absolute atomic E-state index is 9.87. The highest BCUT2D eigenvalue weighted by atomic mass is 79.9. The number of rotatable bonds is 5. The van der Waals surface area contributed by atoms with Crippen molar-refractivity contribution in [2.45, 2.75) is 25.9 Å². The summed E-state index contributed by atoms with van der Waals surface area (Å²) in [6, 6.07) is 3.63. The molecular weight excluding hydrogens is 352 g/mol. The van der Waals surface area contributed by atoms with E-state index in [9.17, 15) is 5.11 Å². The van der Waals surface area contributed by atoms with Gasteiger partial charge in [0.25, 0.3) is 0 Å². The van der Waals surface area contributed by atoms with Crippen LogP contribution >= 0.6 is 31.9 Å². The Balaban J connectivity index is 2.82. The molecule has 1 aromatic carbocycles. The third-order valence-corrected chi connectivity index (χ3v) is 3.75. The Morgan fingerprint density at radius 2 is 1.76 bits per heavy atom. The van der Waals surface area contributed by atoms with Gasteiger partial charge in [-0.25, -0.2) is 0 Å². The zero-order valence-corrected chi connectivity index (χ0v) is 13.3. The number of benzene rings is 1. The molecule has 3 nitrogen and oxygen atoms in total. The SMILES string of the molecule is CCC(C)(O)COc1cc(Br)c(OC)cc1Br. The lowest BCUT2D eigenvalue weighted by Crippen LogP contribution is -2.31. The molecule has 0 aromatic heterocycles. The van der Waals surface area contributed by atoms with Gasteiger partial charge in [0.05, 0.1) is 21.7 Å². The van der Waals surface area contributed by atoms with E-state index < -0.39 is 5.60 Å². The third-order valence-electron chi connectivity index (χ3n) is 2.51. The van der Waals surface area contributed by atoms with Crippen LogP contribution in [0.1, 0.15) is 20.3 Å². The van der Waals surface area contributed by atoms with Crippen LogP contribution in [0.4, 0.5) is 0 Å². The third kappa shape index (κ3) is 4.16. The summed E-state index contributed by atoms with van der Waals surface area (Å²) in [7, 11) is 1.61. The van der Waals surface area contributed by atoms with E-state index in [0.29, 0.717) is 12.2 Å². The molecule has 1 N–H and O–H groups in total. The molecule has 0 heterocycles. The second-order valence-corrected chi connectivity index (χ2v) is 5.77. The molecule has 17 heavy (non-hydrogen) atoms. The van der Waals surface area contributed by atoms with Gasteiger partial charge in [0.15, 0.2) is 0 Å². The van der Waals surface area contributed by atoms with Crippen molar-refractivity contribution in [2.75, 3.05) is 13.7 Å². The molecule has 0 aliphatic rings. The molecule has 1 rings (SSSR count). The van der Waals surface area contributed by atoms with Gasteiger partial charge in [0.1, 0.15) is 18.1 Å². The molecule has 96 valence electrons. The highest BCUT2D eigenvalue weighted by molar-refractivity contribution is 9.11. The first-order valence-corrected chi connectivity index (χ1v) is 6.86. The van der Waals surface area contributed by atoms with Gasteiger partial charge in [0.2, 0.25) is 0 Å². The van der Waals surface area contributed by atoms with Gasteiger partial charge in [-0.05, 0) is 57.3 Å². The number of ether oxygens (including phenoxy) is 2. The second kappa shape index (κ2) is 6.07. The molecule has 0 amide bonds. The van der Waals surface area contributed by atoms with E-state index in [1.54, 1.807) is 14.0 Å². The van der Waals surface area contributed by atoms with Crippen molar-refractivity contribution in [3.63, 3.8) is 0 Å². The lowest BCUT2D eigenvalue weighted by atomic mass is 10.1. The van der Waals surface area contributed by atoms with Crippen molar-refractivity contribution < 1.29 is 14.6 Å². The average molecular weight is 368 g/mol. The monoisotopic (exact) mass is 366 g/mol. The van der Waals surface area contributed by atoms with Gasteiger partial charge in [-0.1, -0.05) is 6.92 Å². The molecule has 0 saturated heterocycles. The normalized spacial score (nSPS) is 14.2. The summed E-state index contributed by atoms with van der Waals surface area (Å²) in [6.07, 6.45) is 0.641. The quantitative estimate of drug-likeness (QED) is 0.861. The van der Waals surface area contributed by atoms with Gasteiger partial charge >= 0.3 is 0 Å². The minimum Gasteiger partial charge on any atom is -0.496 e. The van der Waals surface area contributed by atoms with Crippen LogP contribution in [0, 0.1) is 0 Å². The molecule has 1 unspecified atom stereocenters. The van der Waals surface area contributed by atoms with Crippen molar-refractivity contribution in [1.29, 1.82) is 0 Å². The van der Waals surface area contributed by atoms with Crippen LogP contribution < -0.4 is 9.47 Å². The number of hydrogen-bond donors (Lipinski definition) is 1. The Labute approximate surface area is 118 Å². The fraction of sp³-hybridized carbons (Fsp3) is 0.500. The lowest BCUT2D eigenvalue weighted by Gasteiger charge is -2.22. The Hall–Kier alpha value is -0.260. The van der Waals surface area contributed by atoms with Crippen LogP contribution in [0.25, 0.3) is 0 Å². The van der Waals surface area contributed by atoms with E-state index in [1.165, 1.54) is 0 Å². The Morgan fingerprint density at radius 1 is 1.24 bits per heavy atom. The Kier molecular flexibility index (Phi) is 5.28. The molecule has 0 saturated carbocycles. The van der Waals surface area contributed by atoms with Gasteiger partial charge in [-0.15, -0.1) is 0 Å². The van der Waals surface area contributed by atoms with Gasteiger partial charge in [-0.2, -0.15) is 0 Å². The molecule has 0 aliphatic heterocycles. The van der Waals surface area contributed by atoms with E-state index in [-0.39, 0.29) is 6.61 Å². The van der Waals surface area contributed by atoms with Gasteiger partial charge in [-0.3, -0.25) is 0 Å². The van der Waals surface area contributed by atoms with Crippen LogP contribution in [-0.2, 0) is 0 Å². The number of hydrogen-bond acceptors (Lipinski definition) is 3. The van der Waals surface area contributed by atoms with E-state index in [0.717, 1.165) is 14.7 Å². The maximum atomic E-state index is 9.87. The van der Waals surface area contributed by atoms with Gasteiger partial charge in [0, 0.05) is 0 Å². The fourth-order valence-electron chi connectivity index (χ4n) is 1.11. The fourth-order valence-corrected chi connectivity index (χ4v) is 2.03. The highest BCUT2D eigenvalue weighted by Gasteiger charge is 2.19. The topological polar surface area (TPSA) is 38.7 Å². The molecule has 0 fully saturated rings.